The first-order chi connectivity index (χ1) is 14.8. The third-order valence-corrected chi connectivity index (χ3v) is 7.05. The molecule has 2 aromatic carbocycles. The van der Waals surface area contributed by atoms with Gasteiger partial charge in [-0.05, 0) is 48.9 Å². The van der Waals surface area contributed by atoms with Crippen LogP contribution in [0.1, 0.15) is 12.5 Å². The van der Waals surface area contributed by atoms with Crippen molar-refractivity contribution in [3.63, 3.8) is 0 Å². The summed E-state index contributed by atoms with van der Waals surface area (Å²) in [6.45, 7) is 6.53. The van der Waals surface area contributed by atoms with Crippen LogP contribution in [0.3, 0.4) is 0 Å². The van der Waals surface area contributed by atoms with Crippen LogP contribution in [0.25, 0.3) is 0 Å². The van der Waals surface area contributed by atoms with Crippen molar-refractivity contribution in [3.8, 4) is 0 Å². The highest BCUT2D eigenvalue weighted by Gasteiger charge is 2.20. The molecule has 1 aliphatic heterocycles. The van der Waals surface area contributed by atoms with Crippen LogP contribution in [0.4, 0.5) is 10.1 Å². The van der Waals surface area contributed by atoms with Gasteiger partial charge in [0.15, 0.2) is 5.96 Å². The highest BCUT2D eigenvalue weighted by molar-refractivity contribution is 7.89. The summed E-state index contributed by atoms with van der Waals surface area (Å²) < 4.78 is 38.8. The van der Waals surface area contributed by atoms with E-state index in [9.17, 15) is 12.8 Å². The minimum absolute atomic E-state index is 0.226. The molecular formula is C22H30FN5O2S. The Bertz CT molecular complexity index is 984. The monoisotopic (exact) mass is 447 g/mol. The first-order valence-electron chi connectivity index (χ1n) is 10.4. The van der Waals surface area contributed by atoms with Crippen LogP contribution in [0, 0.1) is 5.82 Å². The molecule has 0 aliphatic carbocycles. The molecular weight excluding hydrogens is 417 g/mol. The molecule has 0 unspecified atom stereocenters. The molecule has 9 heteroatoms. The number of halogens is 1. The van der Waals surface area contributed by atoms with E-state index in [1.165, 1.54) is 30.5 Å². The summed E-state index contributed by atoms with van der Waals surface area (Å²) in [6, 6.07) is 13.4. The third kappa shape index (κ3) is 5.74. The predicted molar refractivity (Wildman–Crippen MR) is 122 cm³/mol. The van der Waals surface area contributed by atoms with Gasteiger partial charge in [-0.25, -0.2) is 22.1 Å². The Morgan fingerprint density at radius 2 is 1.65 bits per heavy atom. The van der Waals surface area contributed by atoms with Gasteiger partial charge in [0.25, 0.3) is 0 Å². The van der Waals surface area contributed by atoms with E-state index in [-0.39, 0.29) is 10.7 Å². The van der Waals surface area contributed by atoms with Crippen LogP contribution in [0.5, 0.6) is 0 Å². The summed E-state index contributed by atoms with van der Waals surface area (Å²) in [5, 5.41) is 3.34. The van der Waals surface area contributed by atoms with Gasteiger partial charge in [0.1, 0.15) is 5.82 Å². The van der Waals surface area contributed by atoms with Crippen molar-refractivity contribution in [2.45, 2.75) is 18.4 Å². The predicted octanol–water partition coefficient (Wildman–Crippen LogP) is 2.36. The minimum Gasteiger partial charge on any atom is -0.368 e. The van der Waals surface area contributed by atoms with Crippen molar-refractivity contribution in [2.24, 2.45) is 4.99 Å². The third-order valence-electron chi connectivity index (χ3n) is 5.22. The molecule has 0 bridgehead atoms. The van der Waals surface area contributed by atoms with Gasteiger partial charge in [0, 0.05) is 52.5 Å². The number of rotatable bonds is 6. The van der Waals surface area contributed by atoms with Crippen LogP contribution < -0.4 is 10.2 Å². The molecule has 0 atom stereocenters. The first kappa shape index (κ1) is 23.0. The van der Waals surface area contributed by atoms with Gasteiger partial charge >= 0.3 is 0 Å². The second-order valence-electron chi connectivity index (χ2n) is 7.55. The molecule has 0 radical (unpaired) electrons. The number of nitrogens with zero attached hydrogens (tertiary/aromatic N) is 4. The second kappa shape index (κ2) is 10.1. The van der Waals surface area contributed by atoms with Gasteiger partial charge < -0.3 is 15.1 Å². The van der Waals surface area contributed by atoms with E-state index in [4.69, 9.17) is 4.99 Å². The van der Waals surface area contributed by atoms with Crippen molar-refractivity contribution < 1.29 is 12.8 Å². The van der Waals surface area contributed by atoms with Crippen LogP contribution in [-0.2, 0) is 16.6 Å². The summed E-state index contributed by atoms with van der Waals surface area (Å²) in [6.07, 6.45) is 0. The van der Waals surface area contributed by atoms with Crippen LogP contribution in [0.15, 0.2) is 58.4 Å². The number of hydrogen-bond acceptors (Lipinski definition) is 4. The van der Waals surface area contributed by atoms with E-state index in [1.807, 2.05) is 19.1 Å². The Hall–Kier alpha value is -2.65. The highest BCUT2D eigenvalue weighted by atomic mass is 32.2. The minimum atomic E-state index is -3.43. The fraction of sp³-hybridized carbons (Fsp3) is 0.409. The molecule has 1 aliphatic rings. The number of piperazine rings is 1. The number of sulfonamides is 1. The number of nitrogens with one attached hydrogen (secondary N) is 1. The molecule has 31 heavy (non-hydrogen) atoms. The van der Waals surface area contributed by atoms with E-state index >= 15 is 0 Å². The van der Waals surface area contributed by atoms with Gasteiger partial charge in [-0.1, -0.05) is 12.1 Å². The molecule has 1 fully saturated rings. The average Bonchev–Trinajstić information content (AvgIpc) is 2.77. The SMILES string of the molecule is CCNC(=NCc1ccc(S(=O)(=O)N(C)C)cc1)N1CCN(c2ccc(F)cc2)CC1. The van der Waals surface area contributed by atoms with Gasteiger partial charge in [0.05, 0.1) is 11.4 Å². The van der Waals surface area contributed by atoms with Crippen molar-refractivity contribution in [1.29, 1.82) is 0 Å². The zero-order valence-corrected chi connectivity index (χ0v) is 19.1. The van der Waals surface area contributed by atoms with E-state index in [0.29, 0.717) is 6.54 Å². The molecule has 2 aromatic rings. The Labute approximate surface area is 184 Å². The van der Waals surface area contributed by atoms with Crippen molar-refractivity contribution >= 4 is 21.7 Å². The largest absolute Gasteiger partial charge is 0.368 e. The lowest BCUT2D eigenvalue weighted by Gasteiger charge is -2.37. The summed E-state index contributed by atoms with van der Waals surface area (Å²) >= 11 is 0. The number of guanidine groups is 1. The maximum Gasteiger partial charge on any atom is 0.242 e. The zero-order valence-electron chi connectivity index (χ0n) is 18.3. The Balaban J connectivity index is 1.63. The lowest BCUT2D eigenvalue weighted by atomic mass is 10.2. The smallest absolute Gasteiger partial charge is 0.242 e. The summed E-state index contributed by atoms with van der Waals surface area (Å²) in [7, 11) is -0.390. The highest BCUT2D eigenvalue weighted by Crippen LogP contribution is 2.18. The number of aliphatic imine (C=N–C) groups is 1. The molecule has 7 nitrogen and oxygen atoms in total. The Morgan fingerprint density at radius 1 is 1.03 bits per heavy atom. The lowest BCUT2D eigenvalue weighted by Crippen LogP contribution is -2.52. The van der Waals surface area contributed by atoms with E-state index in [0.717, 1.165) is 49.9 Å². The fourth-order valence-corrected chi connectivity index (χ4v) is 4.30. The topological polar surface area (TPSA) is 68.2 Å². The Kier molecular flexibility index (Phi) is 7.50. The Morgan fingerprint density at radius 3 is 2.19 bits per heavy atom. The van der Waals surface area contributed by atoms with E-state index in [1.54, 1.807) is 24.3 Å². The molecule has 1 heterocycles. The molecule has 1 N–H and O–H groups in total. The van der Waals surface area contributed by atoms with Gasteiger partial charge in [-0.15, -0.1) is 0 Å². The van der Waals surface area contributed by atoms with Crippen LogP contribution in [0.2, 0.25) is 0 Å². The summed E-state index contributed by atoms with van der Waals surface area (Å²) in [4.78, 5) is 9.48. The maximum atomic E-state index is 13.2. The van der Waals surface area contributed by atoms with Gasteiger partial charge in [0.2, 0.25) is 10.0 Å². The fourth-order valence-electron chi connectivity index (χ4n) is 3.40. The van der Waals surface area contributed by atoms with Crippen LogP contribution >= 0.6 is 0 Å². The van der Waals surface area contributed by atoms with Gasteiger partial charge in [-0.2, -0.15) is 0 Å². The van der Waals surface area contributed by atoms with Crippen molar-refractivity contribution in [1.82, 2.24) is 14.5 Å². The number of hydrogen-bond donors (Lipinski definition) is 1. The second-order valence-corrected chi connectivity index (χ2v) is 9.70. The van der Waals surface area contributed by atoms with Gasteiger partial charge in [-0.3, -0.25) is 0 Å². The quantitative estimate of drug-likeness (QED) is 0.544. The normalized spacial score (nSPS) is 15.5. The first-order valence-corrected chi connectivity index (χ1v) is 11.8. The summed E-state index contributed by atoms with van der Waals surface area (Å²) in [5.74, 6) is 0.613. The molecule has 0 aromatic heterocycles. The maximum absolute atomic E-state index is 13.2. The molecule has 3 rings (SSSR count). The average molecular weight is 448 g/mol. The molecule has 0 spiro atoms. The molecule has 168 valence electrons. The zero-order chi connectivity index (χ0) is 22.4. The van der Waals surface area contributed by atoms with Crippen LogP contribution in [-0.4, -0.2) is 70.4 Å². The molecule has 0 saturated carbocycles. The van der Waals surface area contributed by atoms with E-state index < -0.39 is 10.0 Å². The molecule has 1 saturated heterocycles. The summed E-state index contributed by atoms with van der Waals surface area (Å²) in [5.41, 5.74) is 1.97. The van der Waals surface area contributed by atoms with Crippen molar-refractivity contribution in [2.75, 3.05) is 51.7 Å². The van der Waals surface area contributed by atoms with E-state index in [2.05, 4.69) is 15.1 Å². The lowest BCUT2D eigenvalue weighted by molar-refractivity contribution is 0.372. The number of benzene rings is 2. The van der Waals surface area contributed by atoms with Crippen molar-refractivity contribution in [3.05, 3.63) is 59.9 Å². The number of anilines is 1. The standard InChI is InChI=1S/C22H30FN5O2S/c1-4-24-22(25-17-18-5-11-21(12-6-18)31(29,30)26(2)3)28-15-13-27(14-16-28)20-9-7-19(23)8-10-20/h5-12H,4,13-17H2,1-3H3,(H,24,25). The molecule has 0 amide bonds.